The fourth-order valence-electron chi connectivity index (χ4n) is 4.73. The lowest BCUT2D eigenvalue weighted by atomic mass is 10.0. The van der Waals surface area contributed by atoms with Crippen LogP contribution in [0.4, 0.5) is 0 Å². The molecule has 0 unspecified atom stereocenters. The number of rotatable bonds is 6. The fraction of sp³-hybridized carbons (Fsp3) is 0.212. The van der Waals surface area contributed by atoms with Crippen molar-refractivity contribution in [1.82, 2.24) is 15.1 Å². The third kappa shape index (κ3) is 5.79. The van der Waals surface area contributed by atoms with Crippen molar-refractivity contribution in [3.63, 3.8) is 0 Å². The Hall–Kier alpha value is -4.09. The molecule has 0 bridgehead atoms. The van der Waals surface area contributed by atoms with Crippen molar-refractivity contribution in [2.75, 3.05) is 7.11 Å². The number of methoxy groups -OCH3 is 1. The van der Waals surface area contributed by atoms with Crippen molar-refractivity contribution in [2.45, 2.75) is 39.2 Å². The Morgan fingerprint density at radius 2 is 1.65 bits per heavy atom. The summed E-state index contributed by atoms with van der Waals surface area (Å²) in [5.41, 5.74) is 5.79. The second-order valence-corrected chi connectivity index (χ2v) is 11.4. The number of aromatic nitrogens is 3. The number of nitrogens with zero attached hydrogens (tertiary/aromatic N) is 3. The summed E-state index contributed by atoms with van der Waals surface area (Å²) < 4.78 is 16.9. The van der Waals surface area contributed by atoms with Gasteiger partial charge in [-0.1, -0.05) is 57.9 Å². The molecule has 1 aliphatic carbocycles. The van der Waals surface area contributed by atoms with Gasteiger partial charge in [-0.3, -0.25) is 0 Å². The zero-order valence-corrected chi connectivity index (χ0v) is 25.7. The first-order chi connectivity index (χ1) is 20.7. The molecule has 0 N–H and O–H groups in total. The maximum Gasteiger partial charge on any atom is 0.341 e. The average molecular weight is 633 g/mol. The van der Waals surface area contributed by atoms with Gasteiger partial charge < -0.3 is 14.0 Å². The molecule has 7 nitrogen and oxygen atoms in total. The van der Waals surface area contributed by atoms with Crippen LogP contribution in [-0.2, 0) is 11.3 Å². The van der Waals surface area contributed by atoms with E-state index in [9.17, 15) is 4.79 Å². The van der Waals surface area contributed by atoms with E-state index < -0.39 is 5.97 Å². The molecule has 0 radical (unpaired) electrons. The maximum absolute atomic E-state index is 12.7. The number of hydrogen-bond donors (Lipinski definition) is 0. The predicted octanol–water partition coefficient (Wildman–Crippen LogP) is 8.50. The van der Waals surface area contributed by atoms with Crippen LogP contribution in [0, 0.1) is 25.7 Å². The normalized spacial score (nSPS) is 12.6. The van der Waals surface area contributed by atoms with E-state index in [1.165, 1.54) is 7.11 Å². The lowest BCUT2D eigenvalue weighted by Gasteiger charge is -2.10. The zero-order valence-electron chi connectivity index (χ0n) is 23.4. The van der Waals surface area contributed by atoms with Crippen LogP contribution in [0.15, 0.2) is 53.1 Å². The number of carbonyl (C=O) groups is 1. The summed E-state index contributed by atoms with van der Waals surface area (Å²) in [5.74, 6) is 7.20. The van der Waals surface area contributed by atoms with Gasteiger partial charge in [-0.2, -0.15) is 0 Å². The Balaban J connectivity index is 1.28. The van der Waals surface area contributed by atoms with Gasteiger partial charge in [0, 0.05) is 28.7 Å². The van der Waals surface area contributed by atoms with Crippen LogP contribution >= 0.6 is 34.8 Å². The van der Waals surface area contributed by atoms with Gasteiger partial charge in [0.2, 0.25) is 0 Å². The highest BCUT2D eigenvalue weighted by Gasteiger charge is 2.33. The van der Waals surface area contributed by atoms with E-state index in [0.717, 1.165) is 35.6 Å². The minimum atomic E-state index is -0.543. The molecule has 0 amide bonds. The topological polar surface area (TPSA) is 87.3 Å². The van der Waals surface area contributed by atoms with Crippen LogP contribution in [0.2, 0.25) is 15.1 Å². The summed E-state index contributed by atoms with van der Waals surface area (Å²) >= 11 is 19.6. The molecular weight excluding hydrogens is 609 g/mol. The molecule has 2 aromatic heterocycles. The molecule has 1 fully saturated rings. The van der Waals surface area contributed by atoms with Crippen LogP contribution in [0.3, 0.4) is 0 Å². The summed E-state index contributed by atoms with van der Waals surface area (Å²) in [5, 5.41) is 5.66. The lowest BCUT2D eigenvalue weighted by Crippen LogP contribution is -2.08. The molecule has 0 atom stereocenters. The summed E-state index contributed by atoms with van der Waals surface area (Å²) in [4.78, 5) is 21.9. The van der Waals surface area contributed by atoms with Crippen molar-refractivity contribution in [3.8, 4) is 28.8 Å². The van der Waals surface area contributed by atoms with Crippen LogP contribution in [0.1, 0.15) is 63.0 Å². The maximum atomic E-state index is 12.7. The van der Waals surface area contributed by atoms with Crippen molar-refractivity contribution in [1.29, 1.82) is 0 Å². The second-order valence-electron chi connectivity index (χ2n) is 10.2. The molecule has 1 saturated carbocycles. The van der Waals surface area contributed by atoms with Crippen molar-refractivity contribution in [2.24, 2.45) is 0 Å². The number of benzene rings is 3. The molecule has 1 aliphatic rings. The monoisotopic (exact) mass is 631 g/mol. The van der Waals surface area contributed by atoms with Gasteiger partial charge in [-0.25, -0.2) is 14.8 Å². The quantitative estimate of drug-likeness (QED) is 0.137. The minimum Gasteiger partial charge on any atom is -0.489 e. The Morgan fingerprint density at radius 1 is 0.953 bits per heavy atom. The van der Waals surface area contributed by atoms with E-state index in [0.29, 0.717) is 60.2 Å². The predicted molar refractivity (Wildman–Crippen MR) is 166 cm³/mol. The second kappa shape index (κ2) is 11.9. The van der Waals surface area contributed by atoms with Crippen molar-refractivity contribution >= 4 is 51.8 Å². The Morgan fingerprint density at radius 3 is 2.35 bits per heavy atom. The minimum absolute atomic E-state index is 0.188. The Bertz CT molecular complexity index is 1950. The molecular formula is C33H24Cl3N3O4. The van der Waals surface area contributed by atoms with Gasteiger partial charge in [-0.15, -0.1) is 0 Å². The summed E-state index contributed by atoms with van der Waals surface area (Å²) in [6.07, 6.45) is 2.05. The third-order valence-electron chi connectivity index (χ3n) is 7.26. The highest BCUT2D eigenvalue weighted by Crippen LogP contribution is 2.46. The largest absolute Gasteiger partial charge is 0.489 e. The van der Waals surface area contributed by atoms with E-state index in [-0.39, 0.29) is 12.2 Å². The highest BCUT2D eigenvalue weighted by atomic mass is 35.5. The van der Waals surface area contributed by atoms with Crippen LogP contribution in [0.25, 0.3) is 22.3 Å². The van der Waals surface area contributed by atoms with Gasteiger partial charge >= 0.3 is 5.97 Å². The summed E-state index contributed by atoms with van der Waals surface area (Å²) in [6.45, 7) is 3.90. The molecule has 0 aliphatic heterocycles. The van der Waals surface area contributed by atoms with Gasteiger partial charge in [-0.05, 0) is 63.1 Å². The van der Waals surface area contributed by atoms with Crippen molar-refractivity contribution in [3.05, 3.63) is 103 Å². The van der Waals surface area contributed by atoms with Gasteiger partial charge in [0.1, 0.15) is 34.9 Å². The standard InChI is InChI=1S/C33H24Cl3N3O4/c1-17-18(2)38-31-27(37-17)14-12-20(28(31)33(40)41-3)8-7-19-11-13-22(15-26(19)36)42-16-23-30(39-43-32(23)21-9-10-21)29-24(34)5-4-6-25(29)35/h4-6,11-15,21H,9-10,16H2,1-3H3. The molecule has 0 spiro atoms. The molecule has 5 aromatic rings. The van der Waals surface area contributed by atoms with Crippen LogP contribution < -0.4 is 4.74 Å². The molecule has 0 saturated heterocycles. The van der Waals surface area contributed by atoms with E-state index in [4.69, 9.17) is 48.8 Å². The molecule has 6 rings (SSSR count). The van der Waals surface area contributed by atoms with Crippen LogP contribution in [0.5, 0.6) is 5.75 Å². The van der Waals surface area contributed by atoms with E-state index >= 15 is 0 Å². The Kier molecular flexibility index (Phi) is 8.02. The van der Waals surface area contributed by atoms with Crippen LogP contribution in [-0.4, -0.2) is 28.2 Å². The van der Waals surface area contributed by atoms with E-state index in [1.807, 2.05) is 13.8 Å². The first-order valence-electron chi connectivity index (χ1n) is 13.5. The number of carbonyl (C=O) groups excluding carboxylic acids is 1. The van der Waals surface area contributed by atoms with Gasteiger partial charge in [0.05, 0.1) is 44.6 Å². The van der Waals surface area contributed by atoms with Gasteiger partial charge in [0.25, 0.3) is 0 Å². The molecule has 216 valence electrons. The number of aryl methyl sites for hydroxylation is 2. The van der Waals surface area contributed by atoms with E-state index in [1.54, 1.807) is 48.5 Å². The highest BCUT2D eigenvalue weighted by molar-refractivity contribution is 6.39. The number of ether oxygens (including phenoxy) is 2. The number of hydrogen-bond acceptors (Lipinski definition) is 7. The molecule has 2 heterocycles. The first-order valence-corrected chi connectivity index (χ1v) is 14.6. The number of esters is 1. The van der Waals surface area contributed by atoms with E-state index in [2.05, 4.69) is 27.0 Å². The van der Waals surface area contributed by atoms with Gasteiger partial charge in [0.15, 0.2) is 0 Å². The summed E-state index contributed by atoms with van der Waals surface area (Å²) in [7, 11) is 1.32. The van der Waals surface area contributed by atoms with Crippen molar-refractivity contribution < 1.29 is 18.8 Å². The number of halogens is 3. The summed E-state index contributed by atoms with van der Waals surface area (Å²) in [6, 6.07) is 14.1. The zero-order chi connectivity index (χ0) is 30.2. The third-order valence-corrected chi connectivity index (χ3v) is 8.20. The Labute approximate surface area is 263 Å². The lowest BCUT2D eigenvalue weighted by molar-refractivity contribution is 0.0602. The SMILES string of the molecule is COC(=O)c1c(C#Cc2ccc(OCc3c(-c4c(Cl)cccc4Cl)noc3C3CC3)cc2Cl)ccc2nc(C)c(C)nc12. The molecule has 10 heteroatoms. The molecule has 43 heavy (non-hydrogen) atoms. The fourth-order valence-corrected chi connectivity index (χ4v) is 5.53. The molecule has 3 aromatic carbocycles. The number of fused-ring (bicyclic) bond motifs is 1. The average Bonchev–Trinajstić information content (AvgIpc) is 3.75. The first kappa shape index (κ1) is 29.0. The smallest absolute Gasteiger partial charge is 0.341 e.